The van der Waals surface area contributed by atoms with Crippen molar-refractivity contribution in [2.24, 2.45) is 0 Å². The fourth-order valence-corrected chi connectivity index (χ4v) is 8.99. The molecule has 4 bridgehead atoms. The smallest absolute Gasteiger partial charge is 0.127 e. The van der Waals surface area contributed by atoms with E-state index in [4.69, 9.17) is 21.1 Å². The number of rotatable bonds is 3. The van der Waals surface area contributed by atoms with E-state index in [0.29, 0.717) is 41.1 Å². The van der Waals surface area contributed by atoms with Gasteiger partial charge in [-0.15, -0.1) is 11.6 Å². The van der Waals surface area contributed by atoms with Gasteiger partial charge in [0, 0.05) is 28.1 Å². The van der Waals surface area contributed by atoms with Crippen LogP contribution in [0.1, 0.15) is 142 Å². The van der Waals surface area contributed by atoms with Crippen LogP contribution in [0.3, 0.4) is 0 Å². The first-order valence-electron chi connectivity index (χ1n) is 15.4. The van der Waals surface area contributed by atoms with Gasteiger partial charge in [-0.25, -0.2) is 0 Å². The molecule has 0 aromatic heterocycles. The minimum Gasteiger partial charge on any atom is -0.508 e. The van der Waals surface area contributed by atoms with Crippen LogP contribution in [-0.4, -0.2) is 27.3 Å². The van der Waals surface area contributed by atoms with E-state index in [1.807, 2.05) is 12.1 Å². The highest BCUT2D eigenvalue weighted by Crippen LogP contribution is 2.61. The molecule has 5 heteroatoms. The predicted molar refractivity (Wildman–Crippen MR) is 155 cm³/mol. The highest BCUT2D eigenvalue weighted by atomic mass is 35.5. The normalized spacial score (nSPS) is 31.8. The zero-order chi connectivity index (χ0) is 27.1. The number of aromatic hydroxyl groups is 2. The summed E-state index contributed by atoms with van der Waals surface area (Å²) in [6.07, 6.45) is 13.5. The van der Waals surface area contributed by atoms with Crippen molar-refractivity contribution < 1.29 is 19.7 Å². The Morgan fingerprint density at radius 3 is 1.77 bits per heavy atom. The van der Waals surface area contributed by atoms with Gasteiger partial charge in [0.1, 0.15) is 34.2 Å². The maximum absolute atomic E-state index is 10.4. The summed E-state index contributed by atoms with van der Waals surface area (Å²) in [6.45, 7) is 6.56. The summed E-state index contributed by atoms with van der Waals surface area (Å²) in [6, 6.07) is 3.93. The van der Waals surface area contributed by atoms with Gasteiger partial charge in [-0.2, -0.15) is 0 Å². The summed E-state index contributed by atoms with van der Waals surface area (Å²) in [7, 11) is 0. The molecule has 4 aliphatic carbocycles. The quantitative estimate of drug-likeness (QED) is 0.375. The van der Waals surface area contributed by atoms with Crippen LogP contribution in [0.25, 0.3) is 0 Å². The SMILES string of the molecule is CC1(C)CCc2cc(O)c3c(c2O1)C1CCC3C1.CC1(CCCCl)CCc2cc(O)c3c(c2O1)C1CCC3C1. The lowest BCUT2D eigenvalue weighted by atomic mass is 9.83. The average Bonchev–Trinajstić information content (AvgIpc) is 3.70. The van der Waals surface area contributed by atoms with Gasteiger partial charge in [0.15, 0.2) is 0 Å². The third kappa shape index (κ3) is 4.23. The van der Waals surface area contributed by atoms with Gasteiger partial charge < -0.3 is 19.7 Å². The molecule has 6 aliphatic rings. The summed E-state index contributed by atoms with van der Waals surface area (Å²) in [5.41, 5.74) is 7.40. The van der Waals surface area contributed by atoms with Gasteiger partial charge in [0.25, 0.3) is 0 Å². The number of phenolic OH excluding ortho intramolecular Hbond substituents is 2. The Morgan fingerprint density at radius 1 is 0.744 bits per heavy atom. The Labute approximate surface area is 238 Å². The Hall–Kier alpha value is -2.07. The molecule has 2 saturated carbocycles. The third-order valence-corrected chi connectivity index (χ3v) is 11.1. The van der Waals surface area contributed by atoms with E-state index in [1.54, 1.807) is 0 Å². The number of hydrogen-bond donors (Lipinski definition) is 2. The van der Waals surface area contributed by atoms with Gasteiger partial charge >= 0.3 is 0 Å². The van der Waals surface area contributed by atoms with Crippen molar-refractivity contribution in [1.82, 2.24) is 0 Å². The maximum Gasteiger partial charge on any atom is 0.127 e. The molecule has 5 unspecified atom stereocenters. The van der Waals surface area contributed by atoms with Crippen molar-refractivity contribution in [1.29, 1.82) is 0 Å². The molecule has 8 rings (SSSR count). The zero-order valence-corrected chi connectivity index (χ0v) is 24.5. The number of ether oxygens (including phenoxy) is 2. The van der Waals surface area contributed by atoms with Crippen molar-refractivity contribution in [3.05, 3.63) is 45.5 Å². The van der Waals surface area contributed by atoms with Gasteiger partial charge in [-0.05, 0) is 145 Å². The lowest BCUT2D eigenvalue weighted by molar-refractivity contribution is 0.0539. The molecule has 2 aromatic rings. The molecule has 4 nitrogen and oxygen atoms in total. The topological polar surface area (TPSA) is 58.9 Å². The molecule has 0 radical (unpaired) electrons. The van der Waals surface area contributed by atoms with Gasteiger partial charge in [-0.1, -0.05) is 0 Å². The second-order valence-corrected chi connectivity index (χ2v) is 14.4. The van der Waals surface area contributed by atoms with Crippen molar-refractivity contribution in [2.75, 3.05) is 5.88 Å². The molecule has 2 N–H and O–H groups in total. The number of aryl methyl sites for hydroxylation is 2. The molecule has 5 atom stereocenters. The van der Waals surface area contributed by atoms with Crippen LogP contribution in [0.4, 0.5) is 0 Å². The van der Waals surface area contributed by atoms with Crippen molar-refractivity contribution in [3.8, 4) is 23.0 Å². The highest BCUT2D eigenvalue weighted by molar-refractivity contribution is 6.17. The van der Waals surface area contributed by atoms with Crippen molar-refractivity contribution >= 4 is 11.6 Å². The summed E-state index contributed by atoms with van der Waals surface area (Å²) < 4.78 is 12.8. The van der Waals surface area contributed by atoms with Crippen LogP contribution in [0.5, 0.6) is 23.0 Å². The second kappa shape index (κ2) is 9.23. The van der Waals surface area contributed by atoms with Crippen LogP contribution in [-0.2, 0) is 12.8 Å². The van der Waals surface area contributed by atoms with Crippen molar-refractivity contribution in [3.63, 3.8) is 0 Å². The number of halogens is 1. The molecule has 210 valence electrons. The number of hydrogen-bond acceptors (Lipinski definition) is 4. The maximum atomic E-state index is 10.4. The molecule has 0 saturated heterocycles. The third-order valence-electron chi connectivity index (χ3n) is 10.8. The largest absolute Gasteiger partial charge is 0.508 e. The van der Waals surface area contributed by atoms with E-state index < -0.39 is 0 Å². The molecule has 2 fully saturated rings. The molecule has 0 spiro atoms. The molecular formula is C34H43ClO4. The minimum atomic E-state index is -0.0888. The molecule has 2 heterocycles. The monoisotopic (exact) mass is 550 g/mol. The summed E-state index contributed by atoms with van der Waals surface area (Å²) >= 11 is 5.86. The first-order chi connectivity index (χ1) is 18.7. The Balaban J connectivity index is 0.000000131. The first-order valence-corrected chi connectivity index (χ1v) is 15.9. The molecule has 2 aromatic carbocycles. The zero-order valence-electron chi connectivity index (χ0n) is 23.7. The lowest BCUT2D eigenvalue weighted by Crippen LogP contribution is -2.37. The Kier molecular flexibility index (Phi) is 6.12. The highest BCUT2D eigenvalue weighted by Gasteiger charge is 2.45. The van der Waals surface area contributed by atoms with E-state index in [0.717, 1.165) is 50.0 Å². The molecule has 0 amide bonds. The van der Waals surface area contributed by atoms with Crippen LogP contribution in [0.15, 0.2) is 12.1 Å². The van der Waals surface area contributed by atoms with Crippen LogP contribution < -0.4 is 9.47 Å². The number of fused-ring (bicyclic) bond motifs is 14. The van der Waals surface area contributed by atoms with Crippen LogP contribution in [0.2, 0.25) is 0 Å². The lowest BCUT2D eigenvalue weighted by Gasteiger charge is -2.38. The summed E-state index contributed by atoms with van der Waals surface area (Å²) in [5.74, 6) is 6.37. The van der Waals surface area contributed by atoms with Crippen LogP contribution >= 0.6 is 11.6 Å². The fraction of sp³-hybridized carbons (Fsp3) is 0.647. The van der Waals surface area contributed by atoms with Gasteiger partial charge in [0.2, 0.25) is 0 Å². The Bertz CT molecular complexity index is 1320. The van der Waals surface area contributed by atoms with Gasteiger partial charge in [0.05, 0.1) is 0 Å². The number of alkyl halides is 1. The number of phenols is 2. The summed E-state index contributed by atoms with van der Waals surface area (Å²) in [4.78, 5) is 0. The number of benzene rings is 2. The summed E-state index contributed by atoms with van der Waals surface area (Å²) in [5, 5.41) is 20.7. The fourth-order valence-electron chi connectivity index (χ4n) is 8.85. The van der Waals surface area contributed by atoms with E-state index >= 15 is 0 Å². The molecular weight excluding hydrogens is 508 g/mol. The van der Waals surface area contributed by atoms with Gasteiger partial charge in [-0.3, -0.25) is 0 Å². The van der Waals surface area contributed by atoms with E-state index in [1.165, 1.54) is 71.9 Å². The Morgan fingerprint density at radius 2 is 1.23 bits per heavy atom. The molecule has 39 heavy (non-hydrogen) atoms. The second-order valence-electron chi connectivity index (χ2n) is 14.0. The molecule has 2 aliphatic heterocycles. The van der Waals surface area contributed by atoms with E-state index in [2.05, 4.69) is 20.8 Å². The van der Waals surface area contributed by atoms with E-state index in [-0.39, 0.29) is 11.2 Å². The van der Waals surface area contributed by atoms with E-state index in [9.17, 15) is 10.2 Å². The van der Waals surface area contributed by atoms with Crippen molar-refractivity contribution in [2.45, 2.75) is 133 Å². The minimum absolute atomic E-state index is 0.0560. The van der Waals surface area contributed by atoms with Crippen LogP contribution in [0, 0.1) is 0 Å². The standard InChI is InChI=1S/C18H23ClO2.C16H20O2/c1-18(6-2-8-19)7-5-13-10-14(20)15-11-3-4-12(9-11)16(15)17(13)21-18;1-16(2)6-5-11-8-12(17)13-9-3-4-10(7-9)14(13)15(11)18-16/h10-12,20H,2-9H2,1H3;8-10,17H,3-7H2,1-2H3. The first kappa shape index (κ1) is 25.9. The predicted octanol–water partition coefficient (Wildman–Crippen LogP) is 8.72. The average molecular weight is 551 g/mol.